The second kappa shape index (κ2) is 5.04. The van der Waals surface area contributed by atoms with Crippen molar-refractivity contribution in [3.8, 4) is 5.75 Å². The molecular weight excluding hydrogens is 250 g/mol. The summed E-state index contributed by atoms with van der Waals surface area (Å²) in [5, 5.41) is 0.349. The average molecular weight is 266 g/mol. The summed E-state index contributed by atoms with van der Waals surface area (Å²) < 4.78 is 10.7. The van der Waals surface area contributed by atoms with Crippen molar-refractivity contribution in [2.45, 2.75) is 19.9 Å². The third-order valence-corrected chi connectivity index (χ3v) is 3.15. The standard InChI is InChI=1S/C14H16ClNO2/c1-8-6-10(7-9(2)14(8)17-3)13(16)11-4-5-12(15)18-11/h4-7,13H,16H2,1-3H3. The molecule has 18 heavy (non-hydrogen) atoms. The van der Waals surface area contributed by atoms with Crippen LogP contribution in [0.15, 0.2) is 28.7 Å². The van der Waals surface area contributed by atoms with Crippen molar-refractivity contribution in [2.24, 2.45) is 5.73 Å². The highest BCUT2D eigenvalue weighted by molar-refractivity contribution is 6.28. The lowest BCUT2D eigenvalue weighted by Gasteiger charge is -2.14. The van der Waals surface area contributed by atoms with Crippen LogP contribution in [0.4, 0.5) is 0 Å². The molecule has 0 bridgehead atoms. The summed E-state index contributed by atoms with van der Waals surface area (Å²) in [5.74, 6) is 1.55. The molecule has 3 nitrogen and oxygen atoms in total. The summed E-state index contributed by atoms with van der Waals surface area (Å²) >= 11 is 5.76. The van der Waals surface area contributed by atoms with E-state index in [0.717, 1.165) is 22.4 Å². The summed E-state index contributed by atoms with van der Waals surface area (Å²) in [6.07, 6.45) is 0. The molecule has 0 aliphatic rings. The number of halogens is 1. The smallest absolute Gasteiger partial charge is 0.193 e. The van der Waals surface area contributed by atoms with Crippen molar-refractivity contribution < 1.29 is 9.15 Å². The van der Waals surface area contributed by atoms with Gasteiger partial charge in [0.1, 0.15) is 11.5 Å². The quantitative estimate of drug-likeness (QED) is 0.922. The Kier molecular flexibility index (Phi) is 3.64. The van der Waals surface area contributed by atoms with Crippen LogP contribution in [-0.2, 0) is 0 Å². The van der Waals surface area contributed by atoms with E-state index < -0.39 is 0 Å². The molecule has 0 saturated heterocycles. The number of benzene rings is 1. The van der Waals surface area contributed by atoms with Crippen LogP contribution in [-0.4, -0.2) is 7.11 Å². The Morgan fingerprint density at radius 1 is 1.22 bits per heavy atom. The maximum absolute atomic E-state index is 6.17. The van der Waals surface area contributed by atoms with Crippen molar-refractivity contribution in [1.29, 1.82) is 0 Å². The first-order valence-corrected chi connectivity index (χ1v) is 6.06. The lowest BCUT2D eigenvalue weighted by Crippen LogP contribution is -2.11. The molecule has 0 saturated carbocycles. The minimum absolute atomic E-state index is 0.319. The van der Waals surface area contributed by atoms with Crippen LogP contribution < -0.4 is 10.5 Å². The van der Waals surface area contributed by atoms with E-state index in [-0.39, 0.29) is 6.04 Å². The predicted molar refractivity (Wildman–Crippen MR) is 72.2 cm³/mol. The van der Waals surface area contributed by atoms with Gasteiger partial charge in [0.05, 0.1) is 13.2 Å². The van der Waals surface area contributed by atoms with Crippen molar-refractivity contribution in [2.75, 3.05) is 7.11 Å². The molecule has 4 heteroatoms. The fourth-order valence-corrected chi connectivity index (χ4v) is 2.30. The number of hydrogen-bond donors (Lipinski definition) is 1. The van der Waals surface area contributed by atoms with E-state index in [2.05, 4.69) is 0 Å². The number of nitrogens with two attached hydrogens (primary N) is 1. The van der Waals surface area contributed by atoms with Crippen molar-refractivity contribution in [1.82, 2.24) is 0 Å². The second-order valence-electron chi connectivity index (χ2n) is 4.31. The number of hydrogen-bond acceptors (Lipinski definition) is 3. The second-order valence-corrected chi connectivity index (χ2v) is 4.68. The molecule has 2 N–H and O–H groups in total. The molecule has 0 spiro atoms. The predicted octanol–water partition coefficient (Wildman–Crippen LogP) is 3.61. The molecule has 1 aromatic heterocycles. The van der Waals surface area contributed by atoms with E-state index in [1.54, 1.807) is 19.2 Å². The molecule has 1 unspecified atom stereocenters. The Bertz CT molecular complexity index is 540. The van der Waals surface area contributed by atoms with Crippen LogP contribution >= 0.6 is 11.6 Å². The van der Waals surface area contributed by atoms with Crippen LogP contribution in [0.1, 0.15) is 28.5 Å². The Balaban J connectivity index is 2.40. The Morgan fingerprint density at radius 3 is 2.28 bits per heavy atom. The highest BCUT2D eigenvalue weighted by Gasteiger charge is 2.15. The number of aryl methyl sites for hydroxylation is 2. The molecular formula is C14H16ClNO2. The van der Waals surface area contributed by atoms with Gasteiger partial charge in [-0.1, -0.05) is 12.1 Å². The van der Waals surface area contributed by atoms with Gasteiger partial charge >= 0.3 is 0 Å². The zero-order valence-corrected chi connectivity index (χ0v) is 11.4. The van der Waals surface area contributed by atoms with Crippen LogP contribution in [0.5, 0.6) is 5.75 Å². The molecule has 0 fully saturated rings. The fraction of sp³-hybridized carbons (Fsp3) is 0.286. The first-order valence-electron chi connectivity index (χ1n) is 5.69. The third kappa shape index (κ3) is 2.37. The number of methoxy groups -OCH3 is 1. The lowest BCUT2D eigenvalue weighted by atomic mass is 9.99. The van der Waals surface area contributed by atoms with Crippen LogP contribution in [0.2, 0.25) is 5.22 Å². The van der Waals surface area contributed by atoms with Crippen LogP contribution in [0.25, 0.3) is 0 Å². The Morgan fingerprint density at radius 2 is 1.83 bits per heavy atom. The Labute approximate surface area is 111 Å². The van der Waals surface area contributed by atoms with E-state index in [4.69, 9.17) is 26.5 Å². The maximum Gasteiger partial charge on any atom is 0.193 e. The number of furan rings is 1. The summed E-state index contributed by atoms with van der Waals surface area (Å²) in [4.78, 5) is 0. The van der Waals surface area contributed by atoms with Gasteiger partial charge in [-0.3, -0.25) is 0 Å². The topological polar surface area (TPSA) is 48.4 Å². The summed E-state index contributed by atoms with van der Waals surface area (Å²) in [7, 11) is 1.67. The highest BCUT2D eigenvalue weighted by Crippen LogP contribution is 2.30. The van der Waals surface area contributed by atoms with Gasteiger partial charge in [0.15, 0.2) is 5.22 Å². The minimum Gasteiger partial charge on any atom is -0.496 e. The average Bonchev–Trinajstić information content (AvgIpc) is 2.74. The SMILES string of the molecule is COc1c(C)cc(C(N)c2ccc(Cl)o2)cc1C. The first-order chi connectivity index (χ1) is 8.52. The van der Waals surface area contributed by atoms with E-state index >= 15 is 0 Å². The van der Waals surface area contributed by atoms with Gasteiger partial charge < -0.3 is 14.9 Å². The van der Waals surface area contributed by atoms with Crippen molar-refractivity contribution >= 4 is 11.6 Å². The van der Waals surface area contributed by atoms with E-state index in [0.29, 0.717) is 11.0 Å². The molecule has 1 atom stereocenters. The molecule has 1 aromatic carbocycles. The molecule has 96 valence electrons. The zero-order valence-electron chi connectivity index (χ0n) is 10.7. The van der Waals surface area contributed by atoms with Gasteiger partial charge in [0.2, 0.25) is 0 Å². The molecule has 2 rings (SSSR count). The number of ether oxygens (including phenoxy) is 1. The van der Waals surface area contributed by atoms with Crippen molar-refractivity contribution in [3.63, 3.8) is 0 Å². The minimum atomic E-state index is -0.319. The van der Waals surface area contributed by atoms with Gasteiger partial charge in [-0.2, -0.15) is 0 Å². The largest absolute Gasteiger partial charge is 0.496 e. The highest BCUT2D eigenvalue weighted by atomic mass is 35.5. The molecule has 0 aliphatic heterocycles. The lowest BCUT2D eigenvalue weighted by molar-refractivity contribution is 0.408. The molecule has 1 heterocycles. The summed E-state index contributed by atoms with van der Waals surface area (Å²) in [6.45, 7) is 3.99. The van der Waals surface area contributed by atoms with E-state index in [1.807, 2.05) is 26.0 Å². The zero-order chi connectivity index (χ0) is 13.3. The van der Waals surface area contributed by atoms with E-state index in [9.17, 15) is 0 Å². The summed E-state index contributed by atoms with van der Waals surface area (Å²) in [6, 6.07) is 7.18. The number of rotatable bonds is 3. The Hall–Kier alpha value is -1.45. The maximum atomic E-state index is 6.17. The normalized spacial score (nSPS) is 12.5. The van der Waals surface area contributed by atoms with Gasteiger partial charge in [0, 0.05) is 0 Å². The van der Waals surface area contributed by atoms with E-state index in [1.165, 1.54) is 0 Å². The van der Waals surface area contributed by atoms with Crippen molar-refractivity contribution in [3.05, 3.63) is 51.9 Å². The molecule has 0 radical (unpaired) electrons. The first kappa shape index (κ1) is 13.0. The third-order valence-electron chi connectivity index (χ3n) is 2.95. The molecule has 0 amide bonds. The van der Waals surface area contributed by atoms with Crippen LogP contribution in [0.3, 0.4) is 0 Å². The van der Waals surface area contributed by atoms with Gasteiger partial charge in [0.25, 0.3) is 0 Å². The molecule has 2 aromatic rings. The van der Waals surface area contributed by atoms with Gasteiger partial charge in [-0.05, 0) is 54.3 Å². The summed E-state index contributed by atoms with van der Waals surface area (Å²) in [5.41, 5.74) is 9.26. The van der Waals surface area contributed by atoms with Gasteiger partial charge in [-0.15, -0.1) is 0 Å². The van der Waals surface area contributed by atoms with Gasteiger partial charge in [-0.25, -0.2) is 0 Å². The molecule has 0 aliphatic carbocycles. The fourth-order valence-electron chi connectivity index (χ4n) is 2.14. The monoisotopic (exact) mass is 265 g/mol. The van der Waals surface area contributed by atoms with Crippen LogP contribution in [0, 0.1) is 13.8 Å².